The summed E-state index contributed by atoms with van der Waals surface area (Å²) in [5.74, 6) is -2.15. The molecule has 0 bridgehead atoms. The highest BCUT2D eigenvalue weighted by atomic mass is 32.1. The van der Waals surface area contributed by atoms with Crippen LogP contribution in [0.1, 0.15) is 30.4 Å². The third kappa shape index (κ3) is 4.23. The van der Waals surface area contributed by atoms with Crippen LogP contribution in [-0.2, 0) is 6.18 Å². The number of thiophene rings is 1. The van der Waals surface area contributed by atoms with Crippen molar-refractivity contribution in [2.45, 2.75) is 31.5 Å². The molecule has 0 spiro atoms. The van der Waals surface area contributed by atoms with Gasteiger partial charge in [-0.2, -0.15) is 28.4 Å². The van der Waals surface area contributed by atoms with Crippen molar-refractivity contribution < 1.29 is 31.8 Å². The van der Waals surface area contributed by atoms with E-state index >= 15 is 4.39 Å². The Morgan fingerprint density at radius 2 is 2.00 bits per heavy atom. The molecule has 3 N–H and O–H groups in total. The van der Waals surface area contributed by atoms with Gasteiger partial charge in [-0.15, -0.1) is 11.3 Å². The normalized spacial score (nSPS) is 16.6. The number of aromatic nitrogens is 2. The van der Waals surface area contributed by atoms with Gasteiger partial charge >= 0.3 is 12.2 Å². The Bertz CT molecular complexity index is 1610. The van der Waals surface area contributed by atoms with Crippen LogP contribution in [0.4, 0.5) is 32.8 Å². The van der Waals surface area contributed by atoms with Gasteiger partial charge in [-0.25, -0.2) is 8.78 Å². The van der Waals surface area contributed by atoms with Crippen molar-refractivity contribution >= 4 is 43.1 Å². The summed E-state index contributed by atoms with van der Waals surface area (Å²) in [5.41, 5.74) is 2.56. The van der Waals surface area contributed by atoms with Crippen LogP contribution in [0.25, 0.3) is 32.1 Å². The molecule has 13 heteroatoms. The van der Waals surface area contributed by atoms with Gasteiger partial charge in [0.25, 0.3) is 0 Å². The lowest BCUT2D eigenvalue weighted by atomic mass is 9.92. The Hall–Kier alpha value is -3.76. The van der Waals surface area contributed by atoms with E-state index in [1.807, 2.05) is 0 Å². The fourth-order valence-corrected chi connectivity index (χ4v) is 5.78. The number of aliphatic hydroxyl groups excluding tert-OH is 1. The zero-order chi connectivity index (χ0) is 27.4. The molecule has 2 aromatic heterocycles. The average Bonchev–Trinajstić information content (AvgIpc) is 3.06. The van der Waals surface area contributed by atoms with E-state index in [0.717, 1.165) is 18.2 Å². The third-order valence-corrected chi connectivity index (χ3v) is 7.55. The summed E-state index contributed by atoms with van der Waals surface area (Å²) in [4.78, 5) is 9.83. The topological polar surface area (TPSA) is 108 Å². The fourth-order valence-electron chi connectivity index (χ4n) is 4.83. The van der Waals surface area contributed by atoms with Gasteiger partial charge in [0.1, 0.15) is 28.2 Å². The molecule has 38 heavy (non-hydrogen) atoms. The van der Waals surface area contributed by atoms with E-state index in [1.54, 1.807) is 11.0 Å². The van der Waals surface area contributed by atoms with Crippen LogP contribution < -0.4 is 15.4 Å². The van der Waals surface area contributed by atoms with Gasteiger partial charge in [-0.1, -0.05) is 6.07 Å². The quantitative estimate of drug-likeness (QED) is 0.319. The number of rotatable bonds is 3. The summed E-state index contributed by atoms with van der Waals surface area (Å²) in [6.07, 6.45) is -3.94. The van der Waals surface area contributed by atoms with Gasteiger partial charge < -0.3 is 20.5 Å². The predicted molar refractivity (Wildman–Crippen MR) is 133 cm³/mol. The molecular formula is C25H20F5N5O2S. The lowest BCUT2D eigenvalue weighted by molar-refractivity contribution is -0.137. The maximum absolute atomic E-state index is 16.3. The first kappa shape index (κ1) is 25.9. The number of β-amino-alcohol motifs (C(OH)–C–C–N with tert-alkyl or cyclic N) is 1. The van der Waals surface area contributed by atoms with Crippen molar-refractivity contribution in [3.8, 4) is 23.2 Å². The molecule has 198 valence electrons. The highest BCUT2D eigenvalue weighted by Crippen LogP contribution is 2.48. The lowest BCUT2D eigenvalue weighted by Crippen LogP contribution is -2.32. The Balaban J connectivity index is 1.90. The summed E-state index contributed by atoms with van der Waals surface area (Å²) >= 11 is 0.692. The number of nitrogens with two attached hydrogens (primary N) is 1. The number of hydrogen-bond donors (Lipinski definition) is 2. The molecule has 4 aromatic rings. The number of methoxy groups -OCH3 is 1. The van der Waals surface area contributed by atoms with E-state index in [2.05, 4.69) is 9.97 Å². The fraction of sp³-hybridized carbons (Fsp3) is 0.320. The SMILES string of the molecule is COc1nc(N2CCCCC(O)C2)c2cc(C(F)(F)F)c(-c3ccc(F)c4sc(N)c(C#N)c34)c(F)c2n1. The summed E-state index contributed by atoms with van der Waals surface area (Å²) in [7, 11) is 1.24. The van der Waals surface area contributed by atoms with Gasteiger partial charge in [-0.3, -0.25) is 0 Å². The molecular weight excluding hydrogens is 529 g/mol. The van der Waals surface area contributed by atoms with Crippen LogP contribution in [0.15, 0.2) is 18.2 Å². The molecule has 1 atom stereocenters. The lowest BCUT2D eigenvalue weighted by Gasteiger charge is -2.26. The van der Waals surface area contributed by atoms with Crippen molar-refractivity contribution in [1.29, 1.82) is 5.26 Å². The third-order valence-electron chi connectivity index (χ3n) is 6.52. The summed E-state index contributed by atoms with van der Waals surface area (Å²) in [6.45, 7) is 0.452. The minimum absolute atomic E-state index is 0.00880. The zero-order valence-electron chi connectivity index (χ0n) is 19.9. The van der Waals surface area contributed by atoms with Crippen LogP contribution in [0.5, 0.6) is 6.01 Å². The largest absolute Gasteiger partial charge is 0.467 e. The Morgan fingerprint density at radius 1 is 1.24 bits per heavy atom. The van der Waals surface area contributed by atoms with Crippen LogP contribution in [0.2, 0.25) is 0 Å². The van der Waals surface area contributed by atoms with Crippen molar-refractivity contribution in [3.05, 3.63) is 41.0 Å². The van der Waals surface area contributed by atoms with Crippen molar-refractivity contribution in [1.82, 2.24) is 9.97 Å². The second-order valence-corrected chi connectivity index (χ2v) is 9.94. The molecule has 2 aromatic carbocycles. The Morgan fingerprint density at radius 3 is 2.68 bits per heavy atom. The van der Waals surface area contributed by atoms with E-state index in [9.17, 15) is 27.9 Å². The van der Waals surface area contributed by atoms with Crippen LogP contribution >= 0.6 is 11.3 Å². The van der Waals surface area contributed by atoms with Gasteiger partial charge in [0, 0.05) is 29.4 Å². The second-order valence-electron chi connectivity index (χ2n) is 8.89. The van der Waals surface area contributed by atoms with Crippen molar-refractivity contribution in [2.75, 3.05) is 30.8 Å². The molecule has 1 aliphatic heterocycles. The summed E-state index contributed by atoms with van der Waals surface area (Å²) in [6, 6.07) is 4.16. The number of benzene rings is 2. The van der Waals surface area contributed by atoms with Crippen LogP contribution in [-0.4, -0.2) is 41.4 Å². The van der Waals surface area contributed by atoms with E-state index in [4.69, 9.17) is 10.5 Å². The first-order valence-electron chi connectivity index (χ1n) is 11.5. The van der Waals surface area contributed by atoms with Crippen molar-refractivity contribution in [3.63, 3.8) is 0 Å². The zero-order valence-corrected chi connectivity index (χ0v) is 20.7. The molecule has 0 amide bonds. The number of nitrogens with zero attached hydrogens (tertiary/aromatic N) is 4. The molecule has 0 radical (unpaired) electrons. The number of hydrogen-bond acceptors (Lipinski definition) is 8. The number of aliphatic hydroxyl groups is 1. The molecule has 0 aliphatic carbocycles. The number of anilines is 2. The maximum Gasteiger partial charge on any atom is 0.417 e. The van der Waals surface area contributed by atoms with E-state index in [1.165, 1.54) is 7.11 Å². The van der Waals surface area contributed by atoms with Crippen LogP contribution in [0.3, 0.4) is 0 Å². The number of alkyl halides is 3. The van der Waals surface area contributed by atoms with Crippen LogP contribution in [0, 0.1) is 23.0 Å². The monoisotopic (exact) mass is 549 g/mol. The number of nitrogen functional groups attached to an aromatic ring is 1. The van der Waals surface area contributed by atoms with Gasteiger partial charge in [0.15, 0.2) is 5.82 Å². The van der Waals surface area contributed by atoms with E-state index in [-0.39, 0.29) is 50.0 Å². The molecule has 3 heterocycles. The second kappa shape index (κ2) is 9.52. The molecule has 0 saturated carbocycles. The minimum Gasteiger partial charge on any atom is -0.467 e. The summed E-state index contributed by atoms with van der Waals surface area (Å²) in [5, 5.41) is 19.4. The molecule has 1 saturated heterocycles. The van der Waals surface area contributed by atoms with Crippen molar-refractivity contribution in [2.24, 2.45) is 0 Å². The highest BCUT2D eigenvalue weighted by molar-refractivity contribution is 7.23. The first-order chi connectivity index (χ1) is 18.0. The number of halogens is 5. The number of fused-ring (bicyclic) bond motifs is 2. The van der Waals surface area contributed by atoms with Gasteiger partial charge in [0.05, 0.1) is 29.0 Å². The Labute approximate surface area is 216 Å². The van der Waals surface area contributed by atoms with E-state index < -0.39 is 40.6 Å². The molecule has 1 fully saturated rings. The smallest absolute Gasteiger partial charge is 0.417 e. The summed E-state index contributed by atoms with van der Waals surface area (Å²) < 4.78 is 79.4. The maximum atomic E-state index is 16.3. The standard InChI is InChI=1S/C25H20F5N5O2S/c1-37-24-33-20-13(23(34-24)35-7-3-2-4-11(36)10-35)8-15(25(28,29)30)18(19(20)27)12-5-6-16(26)21-17(12)14(9-31)22(32)38-21/h5-6,8,11,36H,2-4,7,10,32H2,1H3. The number of ether oxygens (including phenoxy) is 1. The van der Waals surface area contributed by atoms with Gasteiger partial charge in [0.2, 0.25) is 0 Å². The minimum atomic E-state index is -5.05. The highest BCUT2D eigenvalue weighted by Gasteiger charge is 2.38. The van der Waals surface area contributed by atoms with Gasteiger partial charge in [-0.05, 0) is 37.0 Å². The predicted octanol–water partition coefficient (Wildman–Crippen LogP) is 5.62. The molecule has 1 aliphatic rings. The first-order valence-corrected chi connectivity index (χ1v) is 12.4. The molecule has 5 rings (SSSR count). The average molecular weight is 550 g/mol. The Kier molecular flexibility index (Phi) is 6.48. The molecule has 7 nitrogen and oxygen atoms in total. The number of nitriles is 1. The molecule has 1 unspecified atom stereocenters. The van der Waals surface area contributed by atoms with E-state index in [0.29, 0.717) is 37.1 Å².